The summed E-state index contributed by atoms with van der Waals surface area (Å²) in [6.45, 7) is 12.1. The molecule has 4 nitrogen and oxygen atoms in total. The molecule has 0 atom stereocenters. The molecule has 2 rings (SSSR count). The Labute approximate surface area is 149 Å². The van der Waals surface area contributed by atoms with E-state index in [1.54, 1.807) is 30.3 Å². The van der Waals surface area contributed by atoms with Crippen LogP contribution in [-0.4, -0.2) is 16.2 Å². The zero-order chi connectivity index (χ0) is 19.0. The summed E-state index contributed by atoms with van der Waals surface area (Å²) in [6, 6.07) is 10.1. The topological polar surface area (TPSA) is 66.8 Å². The molecule has 25 heavy (non-hydrogen) atoms. The standard InChI is InChI=1S/C21H26O4/c1-20(2,3)15-11-13(12-16(18(15)22)21(4,5)6)25-17-10-8-7-9-14(17)19(23)24/h7-12,22H,1-6H3,(H,23,24). The number of carbonyl (C=O) groups is 1. The van der Waals surface area contributed by atoms with Crippen LogP contribution < -0.4 is 4.74 Å². The van der Waals surface area contributed by atoms with Gasteiger partial charge in [-0.2, -0.15) is 0 Å². The van der Waals surface area contributed by atoms with Crippen molar-refractivity contribution in [1.82, 2.24) is 0 Å². The molecular weight excluding hydrogens is 316 g/mol. The van der Waals surface area contributed by atoms with Crippen molar-refractivity contribution in [3.05, 3.63) is 53.1 Å². The molecule has 0 radical (unpaired) electrons. The Bertz CT molecular complexity index is 757. The maximum atomic E-state index is 11.4. The highest BCUT2D eigenvalue weighted by Gasteiger charge is 2.27. The van der Waals surface area contributed by atoms with Crippen LogP contribution in [0.1, 0.15) is 63.0 Å². The second-order valence-electron chi connectivity index (χ2n) is 8.27. The second-order valence-corrected chi connectivity index (χ2v) is 8.27. The fraction of sp³-hybridized carbons (Fsp3) is 0.381. The molecule has 2 N–H and O–H groups in total. The molecule has 0 spiro atoms. The highest BCUT2D eigenvalue weighted by atomic mass is 16.5. The summed E-state index contributed by atoms with van der Waals surface area (Å²) < 4.78 is 5.91. The SMILES string of the molecule is CC(C)(C)c1cc(Oc2ccccc2C(=O)O)cc(C(C)(C)C)c1O. The lowest BCUT2D eigenvalue weighted by Gasteiger charge is -2.28. The van der Waals surface area contributed by atoms with Crippen LogP contribution in [0.5, 0.6) is 17.2 Å². The normalized spacial score (nSPS) is 12.1. The number of rotatable bonds is 3. The minimum atomic E-state index is -1.04. The van der Waals surface area contributed by atoms with Gasteiger partial charge in [0.1, 0.15) is 22.8 Å². The van der Waals surface area contributed by atoms with Crippen LogP contribution in [0, 0.1) is 0 Å². The van der Waals surface area contributed by atoms with Gasteiger partial charge in [-0.25, -0.2) is 4.79 Å². The smallest absolute Gasteiger partial charge is 0.339 e. The molecule has 2 aromatic rings. The average Bonchev–Trinajstić information content (AvgIpc) is 2.47. The minimum Gasteiger partial charge on any atom is -0.507 e. The van der Waals surface area contributed by atoms with Gasteiger partial charge in [-0.05, 0) is 35.1 Å². The van der Waals surface area contributed by atoms with Crippen molar-refractivity contribution in [2.24, 2.45) is 0 Å². The summed E-state index contributed by atoms with van der Waals surface area (Å²) in [4.78, 5) is 11.4. The van der Waals surface area contributed by atoms with E-state index in [1.165, 1.54) is 6.07 Å². The minimum absolute atomic E-state index is 0.102. The van der Waals surface area contributed by atoms with Gasteiger partial charge in [-0.3, -0.25) is 0 Å². The molecule has 0 saturated heterocycles. The van der Waals surface area contributed by atoms with Crippen molar-refractivity contribution in [2.75, 3.05) is 0 Å². The quantitative estimate of drug-likeness (QED) is 0.775. The van der Waals surface area contributed by atoms with Crippen LogP contribution in [0.15, 0.2) is 36.4 Å². The van der Waals surface area contributed by atoms with Crippen molar-refractivity contribution < 1.29 is 19.7 Å². The maximum Gasteiger partial charge on any atom is 0.339 e. The number of carboxylic acids is 1. The Morgan fingerprint density at radius 2 is 1.40 bits per heavy atom. The third-order valence-corrected chi connectivity index (χ3v) is 4.04. The molecule has 0 amide bonds. The molecule has 0 aliphatic heterocycles. The number of aromatic carboxylic acids is 1. The summed E-state index contributed by atoms with van der Waals surface area (Å²) in [7, 11) is 0. The van der Waals surface area contributed by atoms with E-state index in [0.29, 0.717) is 5.75 Å². The van der Waals surface area contributed by atoms with Gasteiger partial charge in [0.05, 0.1) is 0 Å². The summed E-state index contributed by atoms with van der Waals surface area (Å²) >= 11 is 0. The van der Waals surface area contributed by atoms with Gasteiger partial charge in [-0.1, -0.05) is 53.7 Å². The number of hydrogen-bond acceptors (Lipinski definition) is 3. The molecule has 0 heterocycles. The number of benzene rings is 2. The van der Waals surface area contributed by atoms with Gasteiger partial charge in [-0.15, -0.1) is 0 Å². The van der Waals surface area contributed by atoms with E-state index in [0.717, 1.165) is 11.1 Å². The molecule has 0 unspecified atom stereocenters. The Kier molecular flexibility index (Phi) is 4.85. The van der Waals surface area contributed by atoms with Crippen molar-refractivity contribution in [3.8, 4) is 17.2 Å². The molecule has 0 fully saturated rings. The summed E-state index contributed by atoms with van der Waals surface area (Å²) in [5.74, 6) is 0.0158. The van der Waals surface area contributed by atoms with Gasteiger partial charge < -0.3 is 14.9 Å². The summed E-state index contributed by atoms with van der Waals surface area (Å²) in [5.41, 5.74) is 1.07. The number of para-hydroxylation sites is 1. The van der Waals surface area contributed by atoms with Gasteiger partial charge >= 0.3 is 5.97 Å². The maximum absolute atomic E-state index is 11.4. The zero-order valence-corrected chi connectivity index (χ0v) is 15.7. The third kappa shape index (κ3) is 4.13. The first-order chi connectivity index (χ1) is 11.4. The van der Waals surface area contributed by atoms with Gasteiger partial charge in [0, 0.05) is 11.1 Å². The summed E-state index contributed by atoms with van der Waals surface area (Å²) in [6.07, 6.45) is 0. The fourth-order valence-corrected chi connectivity index (χ4v) is 2.67. The van der Waals surface area contributed by atoms with Crippen molar-refractivity contribution >= 4 is 5.97 Å². The number of hydrogen-bond donors (Lipinski definition) is 2. The predicted molar refractivity (Wildman–Crippen MR) is 99.0 cm³/mol. The monoisotopic (exact) mass is 342 g/mol. The third-order valence-electron chi connectivity index (χ3n) is 4.04. The van der Waals surface area contributed by atoms with E-state index in [-0.39, 0.29) is 27.9 Å². The first kappa shape index (κ1) is 18.8. The van der Waals surface area contributed by atoms with Crippen LogP contribution >= 0.6 is 0 Å². The lowest BCUT2D eigenvalue weighted by molar-refractivity contribution is 0.0694. The molecule has 0 saturated carbocycles. The Hall–Kier alpha value is -2.49. The number of carboxylic acid groups (broad SMARTS) is 1. The van der Waals surface area contributed by atoms with E-state index < -0.39 is 5.97 Å². The molecule has 4 heteroatoms. The number of phenolic OH excluding ortho intramolecular Hbond substituents is 1. The van der Waals surface area contributed by atoms with Crippen LogP contribution in [0.25, 0.3) is 0 Å². The highest BCUT2D eigenvalue weighted by molar-refractivity contribution is 5.90. The van der Waals surface area contributed by atoms with E-state index in [1.807, 2.05) is 41.5 Å². The van der Waals surface area contributed by atoms with Crippen molar-refractivity contribution in [2.45, 2.75) is 52.4 Å². The van der Waals surface area contributed by atoms with Crippen molar-refractivity contribution in [1.29, 1.82) is 0 Å². The van der Waals surface area contributed by atoms with Crippen molar-refractivity contribution in [3.63, 3.8) is 0 Å². The summed E-state index contributed by atoms with van der Waals surface area (Å²) in [5, 5.41) is 20.1. The number of phenols is 1. The molecule has 134 valence electrons. The predicted octanol–water partition coefficient (Wildman–Crippen LogP) is 5.48. The van der Waals surface area contributed by atoms with Gasteiger partial charge in [0.2, 0.25) is 0 Å². The molecule has 0 aliphatic carbocycles. The van der Waals surface area contributed by atoms with E-state index in [4.69, 9.17) is 4.74 Å². The molecule has 0 aliphatic rings. The second kappa shape index (κ2) is 6.43. The van der Waals surface area contributed by atoms with E-state index in [9.17, 15) is 15.0 Å². The van der Waals surface area contributed by atoms with Crippen LogP contribution in [0.2, 0.25) is 0 Å². The first-order valence-electron chi connectivity index (χ1n) is 8.29. The van der Waals surface area contributed by atoms with Crippen LogP contribution in [-0.2, 0) is 10.8 Å². The van der Waals surface area contributed by atoms with Crippen LogP contribution in [0.3, 0.4) is 0 Å². The van der Waals surface area contributed by atoms with E-state index >= 15 is 0 Å². The lowest BCUT2D eigenvalue weighted by atomic mass is 9.79. The molecule has 2 aromatic carbocycles. The number of ether oxygens (including phenoxy) is 1. The van der Waals surface area contributed by atoms with Gasteiger partial charge in [0.15, 0.2) is 0 Å². The molecular formula is C21H26O4. The highest BCUT2D eigenvalue weighted by Crippen LogP contribution is 2.42. The van der Waals surface area contributed by atoms with Crippen LogP contribution in [0.4, 0.5) is 0 Å². The first-order valence-corrected chi connectivity index (χ1v) is 8.29. The largest absolute Gasteiger partial charge is 0.507 e. The Balaban J connectivity index is 2.62. The van der Waals surface area contributed by atoms with Gasteiger partial charge in [0.25, 0.3) is 0 Å². The number of aromatic hydroxyl groups is 1. The lowest BCUT2D eigenvalue weighted by Crippen LogP contribution is -2.17. The molecule has 0 aromatic heterocycles. The zero-order valence-electron chi connectivity index (χ0n) is 15.7. The Morgan fingerprint density at radius 1 is 0.920 bits per heavy atom. The average molecular weight is 342 g/mol. The fourth-order valence-electron chi connectivity index (χ4n) is 2.67. The van der Waals surface area contributed by atoms with E-state index in [2.05, 4.69) is 0 Å². The molecule has 0 bridgehead atoms. The Morgan fingerprint density at radius 3 is 1.84 bits per heavy atom.